The van der Waals surface area contributed by atoms with Crippen LogP contribution in [-0.2, 0) is 14.4 Å². The number of hydrogen-bond donors (Lipinski definition) is 1. The number of nitrogens with zero attached hydrogens (tertiary/aromatic N) is 2. The van der Waals surface area contributed by atoms with Crippen LogP contribution in [-0.4, -0.2) is 66.1 Å². The van der Waals surface area contributed by atoms with Gasteiger partial charge in [-0.2, -0.15) is 13.2 Å². The van der Waals surface area contributed by atoms with Crippen LogP contribution in [0.3, 0.4) is 0 Å². The van der Waals surface area contributed by atoms with Crippen LogP contribution >= 0.6 is 0 Å². The third-order valence-electron chi connectivity index (χ3n) is 3.69. The van der Waals surface area contributed by atoms with Gasteiger partial charge in [0.1, 0.15) is 0 Å². The van der Waals surface area contributed by atoms with Gasteiger partial charge in [-0.25, -0.2) is 0 Å². The number of likely N-dealkylation sites (tertiary alicyclic amines) is 1. The second kappa shape index (κ2) is 6.97. The molecule has 0 spiro atoms. The van der Waals surface area contributed by atoms with Crippen molar-refractivity contribution in [2.45, 2.75) is 25.4 Å². The van der Waals surface area contributed by atoms with E-state index >= 15 is 0 Å². The van der Waals surface area contributed by atoms with Gasteiger partial charge in [-0.15, -0.1) is 0 Å². The van der Waals surface area contributed by atoms with Crippen molar-refractivity contribution >= 4 is 17.8 Å². The number of rotatable bonds is 5. The van der Waals surface area contributed by atoms with Gasteiger partial charge in [0.25, 0.3) is 0 Å². The van der Waals surface area contributed by atoms with Crippen molar-refractivity contribution in [3.8, 4) is 0 Å². The van der Waals surface area contributed by atoms with Crippen LogP contribution in [0.5, 0.6) is 0 Å². The first-order valence-electron chi connectivity index (χ1n) is 6.81. The van der Waals surface area contributed by atoms with Gasteiger partial charge in [-0.1, -0.05) is 0 Å². The molecule has 9 heteroatoms. The molecule has 0 aromatic rings. The number of carbonyl (C=O) groups excluding carboxylic acids is 2. The van der Waals surface area contributed by atoms with Crippen LogP contribution in [0.15, 0.2) is 0 Å². The largest absolute Gasteiger partial charge is 0.481 e. The topological polar surface area (TPSA) is 77.9 Å². The average molecular weight is 324 g/mol. The van der Waals surface area contributed by atoms with Crippen molar-refractivity contribution < 1.29 is 32.7 Å². The summed E-state index contributed by atoms with van der Waals surface area (Å²) in [5, 5.41) is 8.87. The molecule has 1 N–H and O–H groups in total. The zero-order valence-corrected chi connectivity index (χ0v) is 12.4. The summed E-state index contributed by atoms with van der Waals surface area (Å²) in [4.78, 5) is 36.4. The van der Waals surface area contributed by atoms with Gasteiger partial charge in [0.15, 0.2) is 0 Å². The Bertz CT molecular complexity index is 451. The van der Waals surface area contributed by atoms with E-state index in [0.717, 1.165) is 4.90 Å². The van der Waals surface area contributed by atoms with E-state index in [1.807, 2.05) is 0 Å². The zero-order valence-electron chi connectivity index (χ0n) is 12.4. The third-order valence-corrected chi connectivity index (χ3v) is 3.69. The van der Waals surface area contributed by atoms with Gasteiger partial charge in [0.05, 0.1) is 11.8 Å². The molecule has 0 radical (unpaired) electrons. The van der Waals surface area contributed by atoms with Crippen molar-refractivity contribution in [3.63, 3.8) is 0 Å². The fraction of sp³-hybridized carbons (Fsp3) is 0.769. The fourth-order valence-corrected chi connectivity index (χ4v) is 2.36. The van der Waals surface area contributed by atoms with Crippen molar-refractivity contribution in [1.29, 1.82) is 0 Å². The number of amides is 2. The van der Waals surface area contributed by atoms with Crippen molar-refractivity contribution in [2.75, 3.05) is 27.2 Å². The number of hydrogen-bond acceptors (Lipinski definition) is 3. The number of aliphatic carboxylic acids is 1. The summed E-state index contributed by atoms with van der Waals surface area (Å²) < 4.78 is 38.4. The van der Waals surface area contributed by atoms with Crippen LogP contribution < -0.4 is 0 Å². The summed E-state index contributed by atoms with van der Waals surface area (Å²) in [6.07, 6.45) is -4.38. The zero-order chi connectivity index (χ0) is 17.1. The quantitative estimate of drug-likeness (QED) is 0.817. The molecule has 0 saturated carbocycles. The average Bonchev–Trinajstić information content (AvgIpc) is 2.83. The minimum atomic E-state index is -4.65. The molecule has 6 nitrogen and oxygen atoms in total. The normalized spacial score (nSPS) is 21.8. The van der Waals surface area contributed by atoms with Crippen LogP contribution in [0.1, 0.15) is 19.3 Å². The first-order chi connectivity index (χ1) is 10.0. The maximum Gasteiger partial charge on any atom is 0.394 e. The molecule has 2 atom stereocenters. The third kappa shape index (κ3) is 4.60. The van der Waals surface area contributed by atoms with Gasteiger partial charge >= 0.3 is 12.1 Å². The molecule has 1 saturated heterocycles. The molecule has 1 aliphatic heterocycles. The Morgan fingerprint density at radius 3 is 2.18 bits per heavy atom. The second-order valence-corrected chi connectivity index (χ2v) is 5.53. The molecule has 0 unspecified atom stereocenters. The lowest BCUT2D eigenvalue weighted by atomic mass is 9.96. The summed E-state index contributed by atoms with van der Waals surface area (Å²) in [6, 6.07) is 0. The Kier molecular flexibility index (Phi) is 5.78. The maximum absolute atomic E-state index is 12.8. The SMILES string of the molecule is CN(C)C(=O)CCCC(=O)N1C[C@@H](C(F)(F)F)[C@H](C(=O)O)C1. The standard InChI is InChI=1S/C13H19F3N2O4/c1-17(2)10(19)4-3-5-11(20)18-6-8(12(21)22)9(7-18)13(14,15)16/h8-9H,3-7H2,1-2H3,(H,21,22)/t8-,9-/m1/s1. The molecule has 1 heterocycles. The van der Waals surface area contributed by atoms with Gasteiger partial charge in [-0.05, 0) is 6.42 Å². The Morgan fingerprint density at radius 2 is 1.77 bits per heavy atom. The molecule has 22 heavy (non-hydrogen) atoms. The summed E-state index contributed by atoms with van der Waals surface area (Å²) in [5.74, 6) is -5.96. The number of alkyl halides is 3. The minimum absolute atomic E-state index is 0.0729. The smallest absolute Gasteiger partial charge is 0.394 e. The molecule has 0 aromatic heterocycles. The minimum Gasteiger partial charge on any atom is -0.481 e. The molecule has 1 fully saturated rings. The highest BCUT2D eigenvalue weighted by molar-refractivity contribution is 5.80. The van der Waals surface area contributed by atoms with E-state index in [-0.39, 0.29) is 25.2 Å². The maximum atomic E-state index is 12.8. The van der Waals surface area contributed by atoms with E-state index in [1.165, 1.54) is 4.90 Å². The molecule has 0 aliphatic carbocycles. The monoisotopic (exact) mass is 324 g/mol. The highest BCUT2D eigenvalue weighted by Gasteiger charge is 2.53. The Balaban J connectivity index is 2.57. The molecular formula is C13H19F3N2O4. The highest BCUT2D eigenvalue weighted by atomic mass is 19.4. The predicted molar refractivity (Wildman–Crippen MR) is 69.8 cm³/mol. The molecular weight excluding hydrogens is 305 g/mol. The summed E-state index contributed by atoms with van der Waals surface area (Å²) in [5.41, 5.74) is 0. The van der Waals surface area contributed by atoms with E-state index in [0.29, 0.717) is 0 Å². The van der Waals surface area contributed by atoms with E-state index in [4.69, 9.17) is 5.11 Å². The van der Waals surface area contributed by atoms with Crippen molar-refractivity contribution in [2.24, 2.45) is 11.8 Å². The second-order valence-electron chi connectivity index (χ2n) is 5.53. The first-order valence-corrected chi connectivity index (χ1v) is 6.81. The fourth-order valence-electron chi connectivity index (χ4n) is 2.36. The van der Waals surface area contributed by atoms with Crippen LogP contribution in [0.4, 0.5) is 13.2 Å². The van der Waals surface area contributed by atoms with E-state index in [2.05, 4.69) is 0 Å². The van der Waals surface area contributed by atoms with E-state index in [1.54, 1.807) is 14.1 Å². The highest BCUT2D eigenvalue weighted by Crippen LogP contribution is 2.37. The van der Waals surface area contributed by atoms with Crippen LogP contribution in [0, 0.1) is 11.8 Å². The Labute approximate surface area is 125 Å². The number of carboxylic acid groups (broad SMARTS) is 1. The van der Waals surface area contributed by atoms with E-state index < -0.39 is 43.0 Å². The molecule has 2 amide bonds. The van der Waals surface area contributed by atoms with E-state index in [9.17, 15) is 27.6 Å². The Morgan fingerprint density at radius 1 is 1.18 bits per heavy atom. The molecule has 0 bridgehead atoms. The van der Waals surface area contributed by atoms with Crippen molar-refractivity contribution in [3.05, 3.63) is 0 Å². The number of carbonyl (C=O) groups is 3. The lowest BCUT2D eigenvalue weighted by Crippen LogP contribution is -2.34. The van der Waals surface area contributed by atoms with Gasteiger partial charge in [0.2, 0.25) is 11.8 Å². The Hall–Kier alpha value is -1.80. The summed E-state index contributed by atoms with van der Waals surface area (Å²) in [7, 11) is 3.13. The van der Waals surface area contributed by atoms with Gasteiger partial charge in [-0.3, -0.25) is 14.4 Å². The summed E-state index contributed by atoms with van der Waals surface area (Å²) in [6.45, 7) is -1.08. The number of halogens is 3. The molecule has 1 aliphatic rings. The number of carboxylic acids is 1. The van der Waals surface area contributed by atoms with Crippen LogP contribution in [0.25, 0.3) is 0 Å². The molecule has 1 rings (SSSR count). The predicted octanol–water partition coefficient (Wildman–Crippen LogP) is 0.966. The first kappa shape index (κ1) is 18.2. The van der Waals surface area contributed by atoms with Gasteiger partial charge in [0, 0.05) is 40.0 Å². The lowest BCUT2D eigenvalue weighted by Gasteiger charge is -2.18. The van der Waals surface area contributed by atoms with Crippen LogP contribution in [0.2, 0.25) is 0 Å². The summed E-state index contributed by atoms with van der Waals surface area (Å²) >= 11 is 0. The lowest BCUT2D eigenvalue weighted by molar-refractivity contribution is -0.188. The van der Waals surface area contributed by atoms with Crippen molar-refractivity contribution in [1.82, 2.24) is 9.80 Å². The molecule has 126 valence electrons. The van der Waals surface area contributed by atoms with Gasteiger partial charge < -0.3 is 14.9 Å². The molecule has 0 aromatic carbocycles.